The van der Waals surface area contributed by atoms with E-state index in [0.717, 1.165) is 82.8 Å². The SMILES string of the molecule is Cc1ccc(-c2c(C#N)c(-n3c4ccccc4c4cc5c(cc43)sc3ccccc35)c(-c3ccc(C)cc3)c(-n3c4ccccc4c4cc5c(cc43)sc3ccccc35)c2C#N)cc1. The maximum atomic E-state index is 11.8. The van der Waals surface area contributed by atoms with E-state index in [1.54, 1.807) is 22.7 Å². The van der Waals surface area contributed by atoms with Crippen LogP contribution < -0.4 is 0 Å². The number of aryl methyl sites for hydroxylation is 2. The monoisotopic (exact) mass is 850 g/mol. The minimum Gasteiger partial charge on any atom is -0.307 e. The second kappa shape index (κ2) is 13.8. The van der Waals surface area contributed by atoms with Crippen LogP contribution in [0.15, 0.2) is 170 Å². The van der Waals surface area contributed by atoms with Gasteiger partial charge in [0.1, 0.15) is 12.1 Å². The highest BCUT2D eigenvalue weighted by atomic mass is 32.1. The molecule has 0 atom stereocenters. The predicted molar refractivity (Wildman–Crippen MR) is 271 cm³/mol. The zero-order chi connectivity index (χ0) is 42.8. The Labute approximate surface area is 375 Å². The average Bonchev–Trinajstić information content (AvgIpc) is 4.07. The van der Waals surface area contributed by atoms with Crippen LogP contribution in [0.4, 0.5) is 0 Å². The van der Waals surface area contributed by atoms with Gasteiger partial charge in [-0.3, -0.25) is 0 Å². The van der Waals surface area contributed by atoms with Crippen molar-refractivity contribution >= 4 is 107 Å². The summed E-state index contributed by atoms with van der Waals surface area (Å²) in [5.41, 5.74) is 11.8. The Kier molecular flexibility index (Phi) is 7.87. The minimum atomic E-state index is 0.450. The summed E-state index contributed by atoms with van der Waals surface area (Å²) in [6.45, 7) is 4.16. The van der Waals surface area contributed by atoms with Gasteiger partial charge in [-0.2, -0.15) is 10.5 Å². The third-order valence-electron chi connectivity index (χ3n) is 13.1. The Morgan fingerprint density at radius 3 is 1.19 bits per heavy atom. The lowest BCUT2D eigenvalue weighted by molar-refractivity contribution is 1.12. The van der Waals surface area contributed by atoms with E-state index in [4.69, 9.17) is 0 Å². The summed E-state index contributed by atoms with van der Waals surface area (Å²) >= 11 is 3.58. The Balaban J connectivity index is 1.29. The topological polar surface area (TPSA) is 57.4 Å². The van der Waals surface area contributed by atoms with E-state index in [1.807, 2.05) is 0 Å². The van der Waals surface area contributed by atoms with Crippen LogP contribution in [0.5, 0.6) is 0 Å². The van der Waals surface area contributed by atoms with Crippen molar-refractivity contribution < 1.29 is 0 Å². The summed E-state index contributed by atoms with van der Waals surface area (Å²) in [4.78, 5) is 0. The van der Waals surface area contributed by atoms with Gasteiger partial charge in [-0.15, -0.1) is 22.7 Å². The molecule has 0 saturated carbocycles. The Hall–Kier alpha value is -8.00. The minimum absolute atomic E-state index is 0.450. The first-order valence-electron chi connectivity index (χ1n) is 21.4. The van der Waals surface area contributed by atoms with Crippen LogP contribution >= 0.6 is 22.7 Å². The maximum absolute atomic E-state index is 11.8. The molecule has 0 aliphatic carbocycles. The molecular weight excluding hydrogens is 817 g/mol. The van der Waals surface area contributed by atoms with Gasteiger partial charge in [0.15, 0.2) is 0 Å². The second-order valence-electron chi connectivity index (χ2n) is 16.8. The van der Waals surface area contributed by atoms with Crippen molar-refractivity contribution in [2.75, 3.05) is 0 Å². The van der Waals surface area contributed by atoms with Crippen molar-refractivity contribution in [1.29, 1.82) is 10.5 Å². The Bertz CT molecular complexity index is 3990. The molecule has 298 valence electrons. The fraction of sp³-hybridized carbons (Fsp3) is 0.0345. The molecule has 0 fully saturated rings. The standard InChI is InChI=1S/C58H34N4S2/c1-33-19-23-35(24-20-33)55-45(31-59)57(61-47-15-7-3-11-37(47)41-27-43-39-13-5-9-17-51(39)63-53(43)29-49(41)61)56(36-25-21-34(2)22-26-36)58(46(55)32-60)62-48-16-8-4-12-38(48)42-28-44-40-14-6-10-18-52(40)64-54(44)30-50(42)62/h3-30H,1-2H3. The van der Waals surface area contributed by atoms with Gasteiger partial charge in [-0.05, 0) is 73.5 Å². The summed E-state index contributed by atoms with van der Waals surface area (Å²) in [7, 11) is 0. The van der Waals surface area contributed by atoms with E-state index in [2.05, 4.69) is 205 Å². The Morgan fingerprint density at radius 2 is 0.750 bits per heavy atom. The molecule has 4 heterocycles. The summed E-state index contributed by atoms with van der Waals surface area (Å²) in [6, 6.07) is 66.0. The number of hydrogen-bond acceptors (Lipinski definition) is 4. The molecule has 0 unspecified atom stereocenters. The highest BCUT2D eigenvalue weighted by Gasteiger charge is 2.32. The molecule has 13 rings (SSSR count). The number of nitriles is 2. The quantitative estimate of drug-likeness (QED) is 0.177. The second-order valence-corrected chi connectivity index (χ2v) is 19.0. The number of para-hydroxylation sites is 2. The number of aromatic nitrogens is 2. The van der Waals surface area contributed by atoms with Crippen molar-refractivity contribution in [3.63, 3.8) is 0 Å². The Morgan fingerprint density at radius 1 is 0.359 bits per heavy atom. The summed E-state index contributed by atoms with van der Waals surface area (Å²) < 4.78 is 9.47. The van der Waals surface area contributed by atoms with E-state index in [1.165, 1.54) is 40.3 Å². The number of fused-ring (bicyclic) bond motifs is 12. The lowest BCUT2D eigenvalue weighted by atomic mass is 9.86. The fourth-order valence-electron chi connectivity index (χ4n) is 10.2. The van der Waals surface area contributed by atoms with Gasteiger partial charge in [-0.25, -0.2) is 0 Å². The number of benzene rings is 9. The predicted octanol–water partition coefficient (Wildman–Crippen LogP) is 16.3. The number of nitrogens with zero attached hydrogens (tertiary/aromatic N) is 4. The summed E-state index contributed by atoms with van der Waals surface area (Å²) in [6.07, 6.45) is 0. The van der Waals surface area contributed by atoms with Crippen LogP contribution in [0.3, 0.4) is 0 Å². The first-order chi connectivity index (χ1) is 31.5. The van der Waals surface area contributed by atoms with Crippen molar-refractivity contribution in [3.05, 3.63) is 192 Å². The molecule has 0 aliphatic heterocycles. The van der Waals surface area contributed by atoms with Gasteiger partial charge in [-0.1, -0.05) is 132 Å². The van der Waals surface area contributed by atoms with Gasteiger partial charge < -0.3 is 9.13 Å². The van der Waals surface area contributed by atoms with Crippen LogP contribution in [-0.2, 0) is 0 Å². The molecule has 0 radical (unpaired) electrons. The maximum Gasteiger partial charge on any atom is 0.102 e. The molecule has 4 nitrogen and oxygen atoms in total. The molecule has 9 aromatic carbocycles. The molecule has 0 bridgehead atoms. The van der Waals surface area contributed by atoms with Crippen LogP contribution in [0.1, 0.15) is 22.3 Å². The van der Waals surface area contributed by atoms with Crippen LogP contribution in [0.2, 0.25) is 0 Å². The molecule has 6 heteroatoms. The molecule has 64 heavy (non-hydrogen) atoms. The third-order valence-corrected chi connectivity index (χ3v) is 15.4. The lowest BCUT2D eigenvalue weighted by Crippen LogP contribution is -2.11. The molecular formula is C58H34N4S2. The van der Waals surface area contributed by atoms with Gasteiger partial charge in [0.25, 0.3) is 0 Å². The van der Waals surface area contributed by atoms with Gasteiger partial charge >= 0.3 is 0 Å². The van der Waals surface area contributed by atoms with Crippen molar-refractivity contribution in [2.24, 2.45) is 0 Å². The number of hydrogen-bond donors (Lipinski definition) is 0. The third kappa shape index (κ3) is 5.13. The molecule has 0 aliphatic rings. The largest absolute Gasteiger partial charge is 0.307 e. The lowest BCUT2D eigenvalue weighted by Gasteiger charge is -2.25. The number of thiophene rings is 2. The zero-order valence-corrected chi connectivity index (χ0v) is 36.4. The first-order valence-corrected chi connectivity index (χ1v) is 23.0. The van der Waals surface area contributed by atoms with E-state index in [0.29, 0.717) is 16.7 Å². The molecule has 0 amide bonds. The molecule has 0 N–H and O–H groups in total. The normalized spacial score (nSPS) is 11.9. The average molecular weight is 851 g/mol. The summed E-state index contributed by atoms with van der Waals surface area (Å²) in [5.74, 6) is 0. The fourth-order valence-corrected chi connectivity index (χ4v) is 12.5. The van der Waals surface area contributed by atoms with Crippen LogP contribution in [-0.4, -0.2) is 9.13 Å². The van der Waals surface area contributed by atoms with Crippen molar-refractivity contribution in [2.45, 2.75) is 13.8 Å². The molecule has 4 aromatic heterocycles. The molecule has 0 spiro atoms. The molecule has 13 aromatic rings. The van der Waals surface area contributed by atoms with E-state index in [-0.39, 0.29) is 0 Å². The van der Waals surface area contributed by atoms with Crippen LogP contribution in [0, 0.1) is 36.5 Å². The smallest absolute Gasteiger partial charge is 0.102 e. The van der Waals surface area contributed by atoms with Crippen molar-refractivity contribution in [1.82, 2.24) is 9.13 Å². The zero-order valence-electron chi connectivity index (χ0n) is 34.8. The van der Waals surface area contributed by atoms with Gasteiger partial charge in [0, 0.05) is 73.0 Å². The molecule has 0 saturated heterocycles. The summed E-state index contributed by atoms with van der Waals surface area (Å²) in [5, 5.41) is 33.0. The van der Waals surface area contributed by atoms with E-state index >= 15 is 0 Å². The first kappa shape index (κ1) is 36.6. The van der Waals surface area contributed by atoms with Crippen molar-refractivity contribution in [3.8, 4) is 45.8 Å². The highest BCUT2D eigenvalue weighted by molar-refractivity contribution is 7.26. The van der Waals surface area contributed by atoms with E-state index < -0.39 is 0 Å². The van der Waals surface area contributed by atoms with Gasteiger partial charge in [0.05, 0.1) is 44.6 Å². The number of rotatable bonds is 4. The van der Waals surface area contributed by atoms with Gasteiger partial charge in [0.2, 0.25) is 0 Å². The van der Waals surface area contributed by atoms with Crippen LogP contribution in [0.25, 0.3) is 118 Å². The van der Waals surface area contributed by atoms with E-state index in [9.17, 15) is 10.5 Å². The highest BCUT2D eigenvalue weighted by Crippen LogP contribution is 2.50.